The molecule has 0 atom stereocenters. The fourth-order valence-corrected chi connectivity index (χ4v) is 4.27. The van der Waals surface area contributed by atoms with Gasteiger partial charge in [-0.15, -0.1) is 0 Å². The van der Waals surface area contributed by atoms with Gasteiger partial charge in [0.1, 0.15) is 11.5 Å². The summed E-state index contributed by atoms with van der Waals surface area (Å²) in [5.74, 6) is 0.868. The van der Waals surface area contributed by atoms with E-state index in [2.05, 4.69) is 4.98 Å². The summed E-state index contributed by atoms with van der Waals surface area (Å²) in [6, 6.07) is 16.0. The number of H-pyrrole nitrogens is 1. The van der Waals surface area contributed by atoms with Crippen molar-refractivity contribution >= 4 is 22.6 Å². The van der Waals surface area contributed by atoms with Gasteiger partial charge in [0.05, 0.1) is 31.8 Å². The number of ether oxygens (including phenoxy) is 3. The van der Waals surface area contributed by atoms with Crippen LogP contribution in [0.25, 0.3) is 10.9 Å². The molecule has 0 aliphatic heterocycles. The Morgan fingerprint density at radius 1 is 0.914 bits per heavy atom. The zero-order valence-corrected chi connectivity index (χ0v) is 20.0. The van der Waals surface area contributed by atoms with Gasteiger partial charge < -0.3 is 19.2 Å². The van der Waals surface area contributed by atoms with Crippen molar-refractivity contribution < 1.29 is 23.9 Å². The summed E-state index contributed by atoms with van der Waals surface area (Å²) in [4.78, 5) is 26.5. The maximum Gasteiger partial charge on any atom is 0.337 e. The van der Waals surface area contributed by atoms with Gasteiger partial charge in [0.2, 0.25) is 0 Å². The number of carbonyl (C=O) groups excluding carboxylic acids is 1. The fraction of sp³-hybridized carbons (Fsp3) is 0.222. The molecule has 1 heterocycles. The highest BCUT2D eigenvalue weighted by Gasteiger charge is 2.19. The number of nitrogens with one attached hydrogen (secondary N) is 1. The Morgan fingerprint density at radius 2 is 1.60 bits per heavy atom. The second-order valence-corrected chi connectivity index (χ2v) is 8.26. The summed E-state index contributed by atoms with van der Waals surface area (Å²) in [7, 11) is 4.51. The van der Waals surface area contributed by atoms with Crippen LogP contribution >= 0.6 is 0 Å². The van der Waals surface area contributed by atoms with Gasteiger partial charge in [0.25, 0.3) is 5.69 Å². The summed E-state index contributed by atoms with van der Waals surface area (Å²) in [5, 5.41) is 12.2. The van der Waals surface area contributed by atoms with E-state index in [1.807, 2.05) is 31.2 Å². The number of aromatic nitrogens is 1. The predicted octanol–water partition coefficient (Wildman–Crippen LogP) is 5.37. The molecule has 0 saturated heterocycles. The number of hydrogen-bond donors (Lipinski definition) is 1. The van der Waals surface area contributed by atoms with Crippen molar-refractivity contribution in [3.05, 3.63) is 98.2 Å². The summed E-state index contributed by atoms with van der Waals surface area (Å²) in [6.07, 6.45) is 0.985. The largest absolute Gasteiger partial charge is 0.496 e. The second kappa shape index (κ2) is 9.89. The van der Waals surface area contributed by atoms with Gasteiger partial charge in [0.15, 0.2) is 0 Å². The number of aryl methyl sites for hydroxylation is 1. The second-order valence-electron chi connectivity index (χ2n) is 8.26. The molecule has 8 heteroatoms. The molecule has 35 heavy (non-hydrogen) atoms. The standard InChI is InChI=1S/C27H26N2O6/c1-16-5-6-17(25(11-16)33-2)12-21-22-15-20(29(31)32)9-10-23(22)28-24(21)13-18-7-8-19(27(30)35-4)14-26(18)34-3/h5-11,14-15,28H,12-13H2,1-4H3. The topological polar surface area (TPSA) is 104 Å². The number of nitro benzene ring substituents is 1. The van der Waals surface area contributed by atoms with Gasteiger partial charge in [-0.05, 0) is 47.9 Å². The molecule has 4 rings (SSSR count). The fourth-order valence-electron chi connectivity index (χ4n) is 4.27. The number of rotatable bonds is 8. The lowest BCUT2D eigenvalue weighted by Gasteiger charge is -2.13. The van der Waals surface area contributed by atoms with Crippen LogP contribution in [-0.2, 0) is 17.6 Å². The first-order valence-electron chi connectivity index (χ1n) is 11.0. The molecule has 0 saturated carbocycles. The SMILES string of the molecule is COC(=O)c1ccc(Cc2[nH]c3ccc([N+](=O)[O-])cc3c2Cc2ccc(C)cc2OC)c(OC)c1. The first-order chi connectivity index (χ1) is 16.8. The molecule has 4 aromatic rings. The summed E-state index contributed by atoms with van der Waals surface area (Å²) in [6.45, 7) is 2.00. The van der Waals surface area contributed by atoms with Gasteiger partial charge in [-0.3, -0.25) is 10.1 Å². The van der Waals surface area contributed by atoms with Crippen molar-refractivity contribution in [3.8, 4) is 11.5 Å². The quantitative estimate of drug-likeness (QED) is 0.209. The van der Waals surface area contributed by atoms with Gasteiger partial charge in [-0.25, -0.2) is 4.79 Å². The molecule has 0 fully saturated rings. The molecule has 180 valence electrons. The molecule has 0 aliphatic rings. The maximum absolute atomic E-state index is 11.9. The number of benzene rings is 3. The van der Waals surface area contributed by atoms with Crippen molar-refractivity contribution in [1.29, 1.82) is 0 Å². The number of esters is 1. The predicted molar refractivity (Wildman–Crippen MR) is 133 cm³/mol. The number of aromatic amines is 1. The van der Waals surface area contributed by atoms with Gasteiger partial charge >= 0.3 is 5.97 Å². The molecule has 1 aromatic heterocycles. The van der Waals surface area contributed by atoms with Crippen LogP contribution in [0, 0.1) is 17.0 Å². The Kier molecular flexibility index (Phi) is 6.73. The monoisotopic (exact) mass is 474 g/mol. The van der Waals surface area contributed by atoms with E-state index in [0.717, 1.165) is 44.6 Å². The Balaban J connectivity index is 1.83. The third kappa shape index (κ3) is 4.82. The molecule has 0 aliphatic carbocycles. The number of hydrogen-bond acceptors (Lipinski definition) is 6. The van der Waals surface area contributed by atoms with Crippen LogP contribution in [0.2, 0.25) is 0 Å². The molecule has 3 aromatic carbocycles. The van der Waals surface area contributed by atoms with E-state index in [1.54, 1.807) is 38.5 Å². The Hall–Kier alpha value is -4.33. The smallest absolute Gasteiger partial charge is 0.337 e. The third-order valence-corrected chi connectivity index (χ3v) is 6.07. The van der Waals surface area contributed by atoms with E-state index >= 15 is 0 Å². The van der Waals surface area contributed by atoms with Crippen molar-refractivity contribution in [3.63, 3.8) is 0 Å². The average Bonchev–Trinajstić information content (AvgIpc) is 3.20. The van der Waals surface area contributed by atoms with Crippen LogP contribution in [-0.4, -0.2) is 37.2 Å². The lowest BCUT2D eigenvalue weighted by atomic mass is 9.96. The number of nitro groups is 1. The summed E-state index contributed by atoms with van der Waals surface area (Å²) >= 11 is 0. The molecular weight excluding hydrogens is 448 g/mol. The minimum atomic E-state index is -0.445. The first-order valence-corrected chi connectivity index (χ1v) is 11.0. The van der Waals surface area contributed by atoms with Crippen LogP contribution in [0.5, 0.6) is 11.5 Å². The molecule has 8 nitrogen and oxygen atoms in total. The minimum Gasteiger partial charge on any atom is -0.496 e. The Bertz CT molecular complexity index is 1420. The molecule has 0 radical (unpaired) electrons. The number of fused-ring (bicyclic) bond motifs is 1. The normalized spacial score (nSPS) is 10.9. The molecule has 1 N–H and O–H groups in total. The van der Waals surface area contributed by atoms with Crippen LogP contribution in [0.1, 0.15) is 38.3 Å². The van der Waals surface area contributed by atoms with Crippen LogP contribution < -0.4 is 9.47 Å². The zero-order chi connectivity index (χ0) is 25.1. The Labute approximate surface area is 202 Å². The van der Waals surface area contributed by atoms with Crippen molar-refractivity contribution in [2.75, 3.05) is 21.3 Å². The number of carbonyl (C=O) groups is 1. The van der Waals surface area contributed by atoms with E-state index in [0.29, 0.717) is 24.2 Å². The van der Waals surface area contributed by atoms with Crippen molar-refractivity contribution in [2.45, 2.75) is 19.8 Å². The number of nitrogens with zero attached hydrogens (tertiary/aromatic N) is 1. The van der Waals surface area contributed by atoms with Gasteiger partial charge in [-0.2, -0.15) is 0 Å². The highest BCUT2D eigenvalue weighted by atomic mass is 16.6. The van der Waals surface area contributed by atoms with E-state index in [9.17, 15) is 14.9 Å². The molecule has 0 spiro atoms. The maximum atomic E-state index is 11.9. The van der Waals surface area contributed by atoms with E-state index in [1.165, 1.54) is 13.2 Å². The van der Waals surface area contributed by atoms with Gasteiger partial charge in [0, 0.05) is 47.1 Å². The third-order valence-electron chi connectivity index (χ3n) is 6.07. The number of methoxy groups -OCH3 is 3. The first kappa shape index (κ1) is 23.8. The number of non-ortho nitro benzene ring substituents is 1. The Morgan fingerprint density at radius 3 is 2.29 bits per heavy atom. The molecule has 0 bridgehead atoms. The van der Waals surface area contributed by atoms with Crippen molar-refractivity contribution in [2.24, 2.45) is 0 Å². The molecule has 0 amide bonds. The van der Waals surface area contributed by atoms with Crippen LogP contribution in [0.4, 0.5) is 5.69 Å². The minimum absolute atomic E-state index is 0.0279. The van der Waals surface area contributed by atoms with E-state index in [-0.39, 0.29) is 5.69 Å². The van der Waals surface area contributed by atoms with Crippen LogP contribution in [0.15, 0.2) is 54.6 Å². The van der Waals surface area contributed by atoms with E-state index in [4.69, 9.17) is 14.2 Å². The zero-order valence-electron chi connectivity index (χ0n) is 20.0. The van der Waals surface area contributed by atoms with Crippen molar-refractivity contribution in [1.82, 2.24) is 4.98 Å². The molecule has 0 unspecified atom stereocenters. The van der Waals surface area contributed by atoms with Crippen LogP contribution in [0.3, 0.4) is 0 Å². The summed E-state index contributed by atoms with van der Waals surface area (Å²) in [5.41, 5.74) is 5.97. The van der Waals surface area contributed by atoms with E-state index < -0.39 is 10.9 Å². The lowest BCUT2D eigenvalue weighted by molar-refractivity contribution is -0.384. The highest BCUT2D eigenvalue weighted by Crippen LogP contribution is 2.34. The highest BCUT2D eigenvalue weighted by molar-refractivity contribution is 5.90. The average molecular weight is 475 g/mol. The van der Waals surface area contributed by atoms with Gasteiger partial charge in [-0.1, -0.05) is 18.2 Å². The molecular formula is C27H26N2O6. The summed E-state index contributed by atoms with van der Waals surface area (Å²) < 4.78 is 16.0. The lowest BCUT2D eigenvalue weighted by Crippen LogP contribution is -2.04.